The van der Waals surface area contributed by atoms with E-state index < -0.39 is 0 Å². The van der Waals surface area contributed by atoms with Gasteiger partial charge in [0.2, 0.25) is 5.88 Å². The Bertz CT molecular complexity index is 1020. The summed E-state index contributed by atoms with van der Waals surface area (Å²) in [5.74, 6) is 1.50. The third-order valence-electron chi connectivity index (χ3n) is 4.13. The lowest BCUT2D eigenvalue weighted by molar-refractivity contribution is 0.465. The second kappa shape index (κ2) is 5.40. The molecule has 1 aromatic heterocycles. The van der Waals surface area contributed by atoms with Crippen molar-refractivity contribution in [1.82, 2.24) is 4.98 Å². The molecule has 0 saturated carbocycles. The predicted octanol–water partition coefficient (Wildman–Crippen LogP) is 5.80. The van der Waals surface area contributed by atoms with Gasteiger partial charge in [0.1, 0.15) is 5.75 Å². The first kappa shape index (κ1) is 13.8. The molecule has 0 aliphatic heterocycles. The monoisotopic (exact) mass is 299 g/mol. The summed E-state index contributed by atoms with van der Waals surface area (Å²) >= 11 is 0. The number of aromatic nitrogens is 1. The van der Waals surface area contributed by atoms with Crippen LogP contribution in [0.1, 0.15) is 11.1 Å². The summed E-state index contributed by atoms with van der Waals surface area (Å²) in [7, 11) is 0. The maximum atomic E-state index is 6.12. The summed E-state index contributed by atoms with van der Waals surface area (Å²) < 4.78 is 6.12. The van der Waals surface area contributed by atoms with E-state index in [2.05, 4.69) is 67.4 Å². The van der Waals surface area contributed by atoms with E-state index in [-0.39, 0.29) is 0 Å². The molecule has 0 unspecified atom stereocenters. The maximum Gasteiger partial charge on any atom is 0.227 e. The van der Waals surface area contributed by atoms with Crippen LogP contribution < -0.4 is 4.74 Å². The van der Waals surface area contributed by atoms with E-state index >= 15 is 0 Å². The largest absolute Gasteiger partial charge is 0.438 e. The Labute approximate surface area is 135 Å². The molecule has 0 atom stereocenters. The van der Waals surface area contributed by atoms with E-state index in [4.69, 9.17) is 4.74 Å². The van der Waals surface area contributed by atoms with Crippen molar-refractivity contribution < 1.29 is 4.74 Å². The molecule has 4 rings (SSSR count). The Morgan fingerprint density at radius 2 is 1.57 bits per heavy atom. The van der Waals surface area contributed by atoms with Crippen molar-refractivity contribution in [2.24, 2.45) is 0 Å². The van der Waals surface area contributed by atoms with Gasteiger partial charge in [-0.3, -0.25) is 0 Å². The topological polar surface area (TPSA) is 22.1 Å². The van der Waals surface area contributed by atoms with Crippen molar-refractivity contribution in [3.63, 3.8) is 0 Å². The first-order valence-electron chi connectivity index (χ1n) is 7.73. The molecule has 1 heterocycles. The molecule has 2 heteroatoms. The Hall–Kier alpha value is -2.87. The summed E-state index contributed by atoms with van der Waals surface area (Å²) in [4.78, 5) is 4.45. The number of pyridine rings is 1. The van der Waals surface area contributed by atoms with Gasteiger partial charge >= 0.3 is 0 Å². The zero-order valence-electron chi connectivity index (χ0n) is 13.2. The average Bonchev–Trinajstić information content (AvgIpc) is 2.56. The lowest BCUT2D eigenvalue weighted by atomic mass is 10.1. The van der Waals surface area contributed by atoms with E-state index in [0.29, 0.717) is 5.88 Å². The molecule has 0 saturated heterocycles. The molecule has 0 N–H and O–H groups in total. The first-order valence-corrected chi connectivity index (χ1v) is 7.73. The summed E-state index contributed by atoms with van der Waals surface area (Å²) in [5.41, 5.74) is 2.34. The van der Waals surface area contributed by atoms with Gasteiger partial charge in [-0.15, -0.1) is 0 Å². The normalized spacial score (nSPS) is 11.0. The van der Waals surface area contributed by atoms with Crippen molar-refractivity contribution in [1.29, 1.82) is 0 Å². The van der Waals surface area contributed by atoms with Gasteiger partial charge in [0.05, 0.1) is 0 Å². The van der Waals surface area contributed by atoms with Crippen LogP contribution in [-0.2, 0) is 0 Å². The van der Waals surface area contributed by atoms with Gasteiger partial charge in [0.15, 0.2) is 0 Å². The SMILES string of the molecule is Cc1ccc(Oc2nccc3cc4ccccc4cc23)c(C)c1. The zero-order chi connectivity index (χ0) is 15.8. The molecule has 0 aliphatic carbocycles. The highest BCUT2D eigenvalue weighted by atomic mass is 16.5. The van der Waals surface area contributed by atoms with Crippen LogP contribution in [0.25, 0.3) is 21.5 Å². The van der Waals surface area contributed by atoms with E-state index in [0.717, 1.165) is 22.1 Å². The predicted molar refractivity (Wildman–Crippen MR) is 95.2 cm³/mol. The van der Waals surface area contributed by atoms with Gasteiger partial charge < -0.3 is 4.74 Å². The molecule has 23 heavy (non-hydrogen) atoms. The standard InChI is InChI=1S/C21H17NO/c1-14-7-8-20(15(2)11-14)23-21-19-13-17-6-4-3-5-16(17)12-18(19)9-10-22-21/h3-13H,1-2H3. The van der Waals surface area contributed by atoms with Crippen LogP contribution in [0.3, 0.4) is 0 Å². The fourth-order valence-corrected chi connectivity index (χ4v) is 2.94. The van der Waals surface area contributed by atoms with Crippen LogP contribution in [0.5, 0.6) is 11.6 Å². The van der Waals surface area contributed by atoms with Crippen LogP contribution >= 0.6 is 0 Å². The fourth-order valence-electron chi connectivity index (χ4n) is 2.94. The number of benzene rings is 3. The van der Waals surface area contributed by atoms with Crippen LogP contribution in [-0.4, -0.2) is 4.98 Å². The second-order valence-electron chi connectivity index (χ2n) is 5.91. The molecule has 0 fully saturated rings. The molecule has 0 spiro atoms. The van der Waals surface area contributed by atoms with E-state index in [9.17, 15) is 0 Å². The molecular weight excluding hydrogens is 282 g/mol. The highest BCUT2D eigenvalue weighted by Gasteiger charge is 2.08. The molecule has 0 aliphatic rings. The lowest BCUT2D eigenvalue weighted by Gasteiger charge is -2.11. The van der Waals surface area contributed by atoms with Crippen LogP contribution in [0.4, 0.5) is 0 Å². The van der Waals surface area contributed by atoms with Crippen LogP contribution in [0.2, 0.25) is 0 Å². The molecule has 112 valence electrons. The van der Waals surface area contributed by atoms with E-state index in [1.807, 2.05) is 12.1 Å². The number of hydrogen-bond donors (Lipinski definition) is 0. The lowest BCUT2D eigenvalue weighted by Crippen LogP contribution is -1.92. The maximum absolute atomic E-state index is 6.12. The van der Waals surface area contributed by atoms with Gasteiger partial charge in [-0.05, 0) is 59.8 Å². The average molecular weight is 299 g/mol. The zero-order valence-corrected chi connectivity index (χ0v) is 13.2. The van der Waals surface area contributed by atoms with Crippen LogP contribution in [0, 0.1) is 13.8 Å². The van der Waals surface area contributed by atoms with Gasteiger partial charge in [0, 0.05) is 11.6 Å². The smallest absolute Gasteiger partial charge is 0.227 e. The van der Waals surface area contributed by atoms with Gasteiger partial charge in [-0.25, -0.2) is 4.98 Å². The highest BCUT2D eigenvalue weighted by Crippen LogP contribution is 2.32. The Morgan fingerprint density at radius 3 is 2.35 bits per heavy atom. The Morgan fingerprint density at radius 1 is 0.783 bits per heavy atom. The van der Waals surface area contributed by atoms with Gasteiger partial charge in [-0.2, -0.15) is 0 Å². The van der Waals surface area contributed by atoms with Crippen molar-refractivity contribution in [3.8, 4) is 11.6 Å². The molecule has 2 nitrogen and oxygen atoms in total. The molecule has 0 radical (unpaired) electrons. The first-order chi connectivity index (χ1) is 11.2. The number of fused-ring (bicyclic) bond motifs is 2. The molecule has 0 bridgehead atoms. The van der Waals surface area contributed by atoms with Gasteiger partial charge in [0.25, 0.3) is 0 Å². The van der Waals surface area contributed by atoms with Crippen molar-refractivity contribution in [3.05, 3.63) is 78.0 Å². The molecule has 4 aromatic rings. The number of rotatable bonds is 2. The Kier molecular flexibility index (Phi) is 3.23. The summed E-state index contributed by atoms with van der Waals surface area (Å²) in [6.45, 7) is 4.14. The Balaban J connectivity index is 1.87. The minimum Gasteiger partial charge on any atom is -0.438 e. The second-order valence-corrected chi connectivity index (χ2v) is 5.91. The number of aryl methyl sites for hydroxylation is 2. The molecule has 0 amide bonds. The number of nitrogens with zero attached hydrogens (tertiary/aromatic N) is 1. The minimum atomic E-state index is 0.653. The third-order valence-corrected chi connectivity index (χ3v) is 4.13. The number of ether oxygens (including phenoxy) is 1. The van der Waals surface area contributed by atoms with E-state index in [1.54, 1.807) is 6.20 Å². The van der Waals surface area contributed by atoms with Crippen molar-refractivity contribution in [2.45, 2.75) is 13.8 Å². The third kappa shape index (κ3) is 2.53. The molecule has 3 aromatic carbocycles. The molecular formula is C21H17NO. The van der Waals surface area contributed by atoms with Crippen LogP contribution in [0.15, 0.2) is 66.9 Å². The van der Waals surface area contributed by atoms with Gasteiger partial charge in [-0.1, -0.05) is 42.0 Å². The summed E-state index contributed by atoms with van der Waals surface area (Å²) in [5, 5.41) is 4.59. The number of hydrogen-bond acceptors (Lipinski definition) is 2. The summed E-state index contributed by atoms with van der Waals surface area (Å²) in [6.07, 6.45) is 1.80. The quantitative estimate of drug-likeness (QED) is 0.437. The minimum absolute atomic E-state index is 0.653. The summed E-state index contributed by atoms with van der Waals surface area (Å²) in [6, 6.07) is 20.9. The van der Waals surface area contributed by atoms with Crippen molar-refractivity contribution >= 4 is 21.5 Å². The fraction of sp³-hybridized carbons (Fsp3) is 0.0952. The van der Waals surface area contributed by atoms with Crippen molar-refractivity contribution in [2.75, 3.05) is 0 Å². The van der Waals surface area contributed by atoms with E-state index in [1.165, 1.54) is 16.3 Å². The highest BCUT2D eigenvalue weighted by molar-refractivity contribution is 6.00.